The zero-order valence-corrected chi connectivity index (χ0v) is 17.4. The summed E-state index contributed by atoms with van der Waals surface area (Å²) in [5.74, 6) is 0. The molecule has 0 saturated heterocycles. The summed E-state index contributed by atoms with van der Waals surface area (Å²) in [5, 5.41) is 11.2. The van der Waals surface area contributed by atoms with Gasteiger partial charge in [-0.15, -0.1) is 0 Å². The first kappa shape index (κ1) is 24.8. The molecule has 0 aromatic rings. The molecule has 0 aliphatic carbocycles. The fourth-order valence-corrected chi connectivity index (χ4v) is 2.64. The molecule has 1 unspecified atom stereocenters. The summed E-state index contributed by atoms with van der Waals surface area (Å²) in [5.41, 5.74) is 0. The van der Waals surface area contributed by atoms with E-state index in [9.17, 15) is 5.11 Å². The van der Waals surface area contributed by atoms with Crippen LogP contribution in [0.3, 0.4) is 0 Å². The Morgan fingerprint density at radius 3 is 1.69 bits per heavy atom. The van der Waals surface area contributed by atoms with E-state index in [1.54, 1.807) is 5.37 Å². The average Bonchev–Trinajstić information content (AvgIpc) is 2.64. The van der Waals surface area contributed by atoms with Gasteiger partial charge in [-0.25, -0.2) is 0 Å². The molecule has 0 amide bonds. The quantitative estimate of drug-likeness (QED) is 0.162. The van der Waals surface area contributed by atoms with Gasteiger partial charge in [-0.1, -0.05) is 92.7 Å². The number of unbranched alkanes of at least 4 members (excludes halogenated alkanes) is 3. The van der Waals surface area contributed by atoms with Crippen LogP contribution in [-0.4, -0.2) is 16.6 Å². The summed E-state index contributed by atoms with van der Waals surface area (Å²) in [7, 11) is 0. The molecule has 0 rings (SSSR count). The molecule has 1 nitrogen and oxygen atoms in total. The van der Waals surface area contributed by atoms with Gasteiger partial charge in [0, 0.05) is 6.42 Å². The molecule has 146 valence electrons. The number of hydrogen-bond donors (Lipinski definition) is 1. The number of hydrogen-bond acceptors (Lipinski definition) is 2. The average molecular weight is 375 g/mol. The Labute approximate surface area is 167 Å². The SMILES string of the molecule is CCC=CCC=CCC=CCC=CCC=CCCCCCC(O)CC=S. The Kier molecular flexibility index (Phi) is 20.7. The second-order valence-corrected chi connectivity index (χ2v) is 6.74. The van der Waals surface area contributed by atoms with E-state index in [1.807, 2.05) is 0 Å². The lowest BCUT2D eigenvalue weighted by atomic mass is 10.1. The third kappa shape index (κ3) is 20.8. The topological polar surface area (TPSA) is 20.2 Å². The zero-order chi connectivity index (χ0) is 19.1. The summed E-state index contributed by atoms with van der Waals surface area (Å²) in [6.45, 7) is 2.16. The molecular weight excluding hydrogens is 336 g/mol. The van der Waals surface area contributed by atoms with E-state index in [0.29, 0.717) is 6.42 Å². The zero-order valence-electron chi connectivity index (χ0n) is 16.6. The Bertz CT molecular complexity index is 443. The first-order valence-corrected chi connectivity index (χ1v) is 10.6. The van der Waals surface area contributed by atoms with Gasteiger partial charge in [0.15, 0.2) is 0 Å². The van der Waals surface area contributed by atoms with Crippen LogP contribution < -0.4 is 0 Å². The van der Waals surface area contributed by atoms with Crippen LogP contribution in [0.1, 0.15) is 77.6 Å². The summed E-state index contributed by atoms with van der Waals surface area (Å²) < 4.78 is 0. The van der Waals surface area contributed by atoms with Gasteiger partial charge in [0.2, 0.25) is 0 Å². The predicted octanol–water partition coefficient (Wildman–Crippen LogP) is 7.44. The molecule has 0 aromatic carbocycles. The lowest BCUT2D eigenvalue weighted by Gasteiger charge is -2.05. The molecule has 0 heterocycles. The van der Waals surface area contributed by atoms with E-state index in [-0.39, 0.29) is 6.10 Å². The largest absolute Gasteiger partial charge is 0.393 e. The molecule has 1 N–H and O–H groups in total. The smallest absolute Gasteiger partial charge is 0.0582 e. The van der Waals surface area contributed by atoms with Gasteiger partial charge in [-0.3, -0.25) is 0 Å². The third-order valence-corrected chi connectivity index (χ3v) is 4.13. The summed E-state index contributed by atoms with van der Waals surface area (Å²) in [6, 6.07) is 0. The number of thiocarbonyl (C=S) groups is 1. The van der Waals surface area contributed by atoms with E-state index < -0.39 is 0 Å². The Morgan fingerprint density at radius 1 is 0.692 bits per heavy atom. The van der Waals surface area contributed by atoms with Gasteiger partial charge in [0.1, 0.15) is 0 Å². The van der Waals surface area contributed by atoms with Crippen LogP contribution >= 0.6 is 12.2 Å². The van der Waals surface area contributed by atoms with Crippen molar-refractivity contribution in [2.24, 2.45) is 0 Å². The van der Waals surface area contributed by atoms with Crippen molar-refractivity contribution in [2.75, 3.05) is 0 Å². The molecular formula is C24H38OS. The van der Waals surface area contributed by atoms with Gasteiger partial charge in [0.05, 0.1) is 6.10 Å². The monoisotopic (exact) mass is 374 g/mol. The van der Waals surface area contributed by atoms with Crippen LogP contribution in [0.2, 0.25) is 0 Å². The number of aliphatic hydroxyl groups is 1. The normalized spacial score (nSPS) is 13.9. The summed E-state index contributed by atoms with van der Waals surface area (Å²) >= 11 is 4.75. The minimum Gasteiger partial charge on any atom is -0.393 e. The van der Waals surface area contributed by atoms with Crippen molar-refractivity contribution in [3.8, 4) is 0 Å². The van der Waals surface area contributed by atoms with Crippen molar-refractivity contribution < 1.29 is 5.11 Å². The van der Waals surface area contributed by atoms with Crippen molar-refractivity contribution in [3.63, 3.8) is 0 Å². The van der Waals surface area contributed by atoms with Crippen molar-refractivity contribution in [2.45, 2.75) is 83.7 Å². The van der Waals surface area contributed by atoms with Gasteiger partial charge >= 0.3 is 0 Å². The van der Waals surface area contributed by atoms with Crippen LogP contribution in [0.25, 0.3) is 0 Å². The number of allylic oxidation sites excluding steroid dienone is 10. The van der Waals surface area contributed by atoms with Crippen molar-refractivity contribution >= 4 is 17.6 Å². The Hall–Kier alpha value is -1.25. The van der Waals surface area contributed by atoms with E-state index in [0.717, 1.165) is 51.4 Å². The van der Waals surface area contributed by atoms with Gasteiger partial charge in [-0.2, -0.15) is 0 Å². The van der Waals surface area contributed by atoms with Gasteiger partial charge in [-0.05, 0) is 56.7 Å². The standard InChI is InChI=1S/C24H38OS/c1-2-3-4-5-6-7-8-9-10-11-12-13-14-15-16-17-18-19-20-21-24(25)22-23-26/h3-4,6-7,9-10,12-13,15-16,23-25H,2,5,8,11,14,17-22H2,1H3. The molecule has 2 heteroatoms. The van der Waals surface area contributed by atoms with E-state index in [4.69, 9.17) is 12.2 Å². The minimum absolute atomic E-state index is 0.235. The fraction of sp³-hybridized carbons (Fsp3) is 0.542. The lowest BCUT2D eigenvalue weighted by Crippen LogP contribution is -2.05. The van der Waals surface area contributed by atoms with Crippen molar-refractivity contribution in [3.05, 3.63) is 60.8 Å². The molecule has 0 radical (unpaired) electrons. The maximum absolute atomic E-state index is 9.56. The molecule has 0 fully saturated rings. The molecule has 26 heavy (non-hydrogen) atoms. The van der Waals surface area contributed by atoms with E-state index >= 15 is 0 Å². The van der Waals surface area contributed by atoms with E-state index in [1.165, 1.54) is 12.8 Å². The second kappa shape index (κ2) is 21.8. The van der Waals surface area contributed by atoms with Crippen molar-refractivity contribution in [1.29, 1.82) is 0 Å². The first-order valence-electron chi connectivity index (χ1n) is 10.2. The molecule has 0 spiro atoms. The van der Waals surface area contributed by atoms with Crippen LogP contribution in [0.4, 0.5) is 0 Å². The molecule has 1 atom stereocenters. The Balaban J connectivity index is 3.43. The van der Waals surface area contributed by atoms with Crippen molar-refractivity contribution in [1.82, 2.24) is 0 Å². The highest BCUT2D eigenvalue weighted by molar-refractivity contribution is 7.78. The van der Waals surface area contributed by atoms with Crippen LogP contribution in [0, 0.1) is 0 Å². The summed E-state index contributed by atoms with van der Waals surface area (Å²) in [6.07, 6.45) is 33.4. The van der Waals surface area contributed by atoms with Crippen LogP contribution in [-0.2, 0) is 0 Å². The van der Waals surface area contributed by atoms with Crippen LogP contribution in [0.15, 0.2) is 60.8 Å². The number of aliphatic hydroxyl groups excluding tert-OH is 1. The molecule has 0 aromatic heterocycles. The fourth-order valence-electron chi connectivity index (χ4n) is 2.42. The predicted molar refractivity (Wildman–Crippen MR) is 122 cm³/mol. The lowest BCUT2D eigenvalue weighted by molar-refractivity contribution is 0.170. The van der Waals surface area contributed by atoms with Gasteiger partial charge < -0.3 is 5.11 Å². The highest BCUT2D eigenvalue weighted by Crippen LogP contribution is 2.08. The Morgan fingerprint density at radius 2 is 1.19 bits per heavy atom. The molecule has 0 bridgehead atoms. The van der Waals surface area contributed by atoms with Gasteiger partial charge in [0.25, 0.3) is 0 Å². The highest BCUT2D eigenvalue weighted by Gasteiger charge is 2.00. The number of rotatable bonds is 17. The van der Waals surface area contributed by atoms with Crippen LogP contribution in [0.5, 0.6) is 0 Å². The minimum atomic E-state index is -0.235. The maximum Gasteiger partial charge on any atom is 0.0582 e. The highest BCUT2D eigenvalue weighted by atomic mass is 32.1. The molecule has 0 saturated carbocycles. The van der Waals surface area contributed by atoms with E-state index in [2.05, 4.69) is 67.7 Å². The summed E-state index contributed by atoms with van der Waals surface area (Å²) in [4.78, 5) is 0. The molecule has 0 aliphatic rings. The second-order valence-electron chi connectivity index (χ2n) is 6.40. The molecule has 0 aliphatic heterocycles. The third-order valence-electron chi connectivity index (χ3n) is 3.93. The maximum atomic E-state index is 9.56. The first-order chi connectivity index (χ1) is 12.8.